The van der Waals surface area contributed by atoms with Crippen molar-refractivity contribution in [3.63, 3.8) is 0 Å². The van der Waals surface area contributed by atoms with Gasteiger partial charge in [-0.15, -0.1) is 10.2 Å². The molecule has 152 valence electrons. The molecule has 1 aliphatic heterocycles. The summed E-state index contributed by atoms with van der Waals surface area (Å²) in [6, 6.07) is 12.9. The minimum Gasteiger partial charge on any atom is -0.340 e. The van der Waals surface area contributed by atoms with Crippen LogP contribution in [0.15, 0.2) is 53.7 Å². The van der Waals surface area contributed by atoms with Gasteiger partial charge in [0.25, 0.3) is 0 Å². The van der Waals surface area contributed by atoms with Gasteiger partial charge in [-0.3, -0.25) is 0 Å². The number of anilines is 2. The van der Waals surface area contributed by atoms with Crippen molar-refractivity contribution < 1.29 is 8.42 Å². The smallest absolute Gasteiger partial charge is 0.175 e. The molecule has 0 saturated heterocycles. The Balaban J connectivity index is 1.40. The topological polar surface area (TPSA) is 103 Å². The minimum atomic E-state index is -3.32. The SMILES string of the molecule is CS(=O)(=O)c1ccc2ncnc(Nc3ccc(Cc4nnc5n4CCC5)cc3)c2c1. The Hall–Kier alpha value is -3.33. The molecular formula is C21H20N6O2S. The predicted molar refractivity (Wildman–Crippen MR) is 114 cm³/mol. The van der Waals surface area contributed by atoms with Crippen LogP contribution in [0.5, 0.6) is 0 Å². The fraction of sp³-hybridized carbons (Fsp3) is 0.238. The van der Waals surface area contributed by atoms with E-state index in [0.717, 1.165) is 48.7 Å². The highest BCUT2D eigenvalue weighted by Crippen LogP contribution is 2.26. The zero-order chi connectivity index (χ0) is 20.7. The average molecular weight is 420 g/mol. The van der Waals surface area contributed by atoms with Crippen LogP contribution in [-0.2, 0) is 29.2 Å². The molecule has 1 aliphatic rings. The number of nitrogens with one attached hydrogen (secondary N) is 1. The van der Waals surface area contributed by atoms with Gasteiger partial charge in [0, 0.05) is 36.7 Å². The normalized spacial score (nSPS) is 13.5. The summed E-state index contributed by atoms with van der Waals surface area (Å²) in [5, 5.41) is 12.5. The molecule has 4 aromatic rings. The Labute approximate surface area is 173 Å². The zero-order valence-corrected chi connectivity index (χ0v) is 17.2. The summed E-state index contributed by atoms with van der Waals surface area (Å²) in [4.78, 5) is 8.78. The highest BCUT2D eigenvalue weighted by molar-refractivity contribution is 7.90. The first-order chi connectivity index (χ1) is 14.5. The van der Waals surface area contributed by atoms with Crippen LogP contribution in [0.25, 0.3) is 10.9 Å². The van der Waals surface area contributed by atoms with Crippen LogP contribution in [0.2, 0.25) is 0 Å². The maximum absolute atomic E-state index is 11.9. The monoisotopic (exact) mass is 420 g/mol. The van der Waals surface area contributed by atoms with Crippen molar-refractivity contribution in [2.75, 3.05) is 11.6 Å². The van der Waals surface area contributed by atoms with Crippen molar-refractivity contribution in [2.24, 2.45) is 0 Å². The number of rotatable bonds is 5. The molecule has 0 unspecified atom stereocenters. The van der Waals surface area contributed by atoms with E-state index in [-0.39, 0.29) is 4.90 Å². The molecule has 5 rings (SSSR count). The largest absolute Gasteiger partial charge is 0.340 e. The molecule has 0 radical (unpaired) electrons. The van der Waals surface area contributed by atoms with E-state index >= 15 is 0 Å². The van der Waals surface area contributed by atoms with Gasteiger partial charge < -0.3 is 9.88 Å². The summed E-state index contributed by atoms with van der Waals surface area (Å²) in [6.45, 7) is 0.994. The molecule has 30 heavy (non-hydrogen) atoms. The maximum atomic E-state index is 11.9. The van der Waals surface area contributed by atoms with Crippen molar-refractivity contribution in [3.05, 3.63) is 66.0 Å². The summed E-state index contributed by atoms with van der Waals surface area (Å²) < 4.78 is 26.0. The van der Waals surface area contributed by atoms with Gasteiger partial charge in [-0.2, -0.15) is 0 Å². The number of fused-ring (bicyclic) bond motifs is 2. The Morgan fingerprint density at radius 3 is 2.70 bits per heavy atom. The van der Waals surface area contributed by atoms with Crippen LogP contribution >= 0.6 is 0 Å². The predicted octanol–water partition coefficient (Wildman–Crippen LogP) is 2.91. The quantitative estimate of drug-likeness (QED) is 0.529. The van der Waals surface area contributed by atoms with E-state index in [1.807, 2.05) is 24.3 Å². The van der Waals surface area contributed by atoms with Gasteiger partial charge in [-0.25, -0.2) is 18.4 Å². The van der Waals surface area contributed by atoms with Crippen LogP contribution in [0.1, 0.15) is 23.6 Å². The lowest BCUT2D eigenvalue weighted by Crippen LogP contribution is -2.02. The molecule has 8 nitrogen and oxygen atoms in total. The fourth-order valence-electron chi connectivity index (χ4n) is 3.73. The third kappa shape index (κ3) is 3.52. The molecule has 0 fully saturated rings. The van der Waals surface area contributed by atoms with Gasteiger partial charge in [0.2, 0.25) is 0 Å². The molecule has 2 aromatic carbocycles. The number of hydrogen-bond acceptors (Lipinski definition) is 7. The van der Waals surface area contributed by atoms with Gasteiger partial charge in [-0.05, 0) is 42.3 Å². The van der Waals surface area contributed by atoms with Crippen LogP contribution in [0.4, 0.5) is 11.5 Å². The molecule has 0 spiro atoms. The molecular weight excluding hydrogens is 400 g/mol. The summed E-state index contributed by atoms with van der Waals surface area (Å²) in [6.07, 6.45) is 5.53. The van der Waals surface area contributed by atoms with E-state index < -0.39 is 9.84 Å². The lowest BCUT2D eigenvalue weighted by atomic mass is 10.1. The number of hydrogen-bond donors (Lipinski definition) is 1. The second-order valence-electron chi connectivity index (χ2n) is 7.46. The number of nitrogens with zero attached hydrogens (tertiary/aromatic N) is 5. The van der Waals surface area contributed by atoms with Crippen LogP contribution < -0.4 is 5.32 Å². The van der Waals surface area contributed by atoms with E-state index in [2.05, 4.69) is 30.0 Å². The third-order valence-electron chi connectivity index (χ3n) is 5.30. The fourth-order valence-corrected chi connectivity index (χ4v) is 4.38. The minimum absolute atomic E-state index is 0.240. The van der Waals surface area contributed by atoms with Crippen molar-refractivity contribution in [3.8, 4) is 0 Å². The highest BCUT2D eigenvalue weighted by Gasteiger charge is 2.17. The van der Waals surface area contributed by atoms with E-state index in [4.69, 9.17) is 0 Å². The number of aromatic nitrogens is 5. The van der Waals surface area contributed by atoms with Gasteiger partial charge in [0.15, 0.2) is 9.84 Å². The molecule has 3 heterocycles. The molecule has 0 bridgehead atoms. The van der Waals surface area contributed by atoms with E-state index in [0.29, 0.717) is 16.7 Å². The van der Waals surface area contributed by atoms with Crippen LogP contribution in [-0.4, -0.2) is 39.4 Å². The molecule has 0 amide bonds. The van der Waals surface area contributed by atoms with Gasteiger partial charge in [0.05, 0.1) is 10.4 Å². The van der Waals surface area contributed by atoms with Crippen molar-refractivity contribution in [1.82, 2.24) is 24.7 Å². The lowest BCUT2D eigenvalue weighted by Gasteiger charge is -2.10. The summed E-state index contributed by atoms with van der Waals surface area (Å²) in [7, 11) is -3.32. The number of benzene rings is 2. The summed E-state index contributed by atoms with van der Waals surface area (Å²) in [5.41, 5.74) is 2.68. The van der Waals surface area contributed by atoms with Gasteiger partial charge in [-0.1, -0.05) is 12.1 Å². The summed E-state index contributed by atoms with van der Waals surface area (Å²) in [5.74, 6) is 2.64. The Bertz CT molecular complexity index is 1350. The molecule has 2 aromatic heterocycles. The second-order valence-corrected chi connectivity index (χ2v) is 9.48. The number of aryl methyl sites for hydroxylation is 1. The first-order valence-electron chi connectivity index (χ1n) is 9.69. The molecule has 0 atom stereocenters. The van der Waals surface area contributed by atoms with Gasteiger partial charge >= 0.3 is 0 Å². The lowest BCUT2D eigenvalue weighted by molar-refractivity contribution is 0.602. The number of sulfone groups is 1. The summed E-state index contributed by atoms with van der Waals surface area (Å²) >= 11 is 0. The molecule has 0 saturated carbocycles. The van der Waals surface area contributed by atoms with E-state index in [1.54, 1.807) is 18.2 Å². The first kappa shape index (κ1) is 18.7. The molecule has 9 heteroatoms. The third-order valence-corrected chi connectivity index (χ3v) is 6.41. The maximum Gasteiger partial charge on any atom is 0.175 e. The van der Waals surface area contributed by atoms with Crippen molar-refractivity contribution >= 4 is 32.2 Å². The highest BCUT2D eigenvalue weighted by atomic mass is 32.2. The van der Waals surface area contributed by atoms with Crippen LogP contribution in [0, 0.1) is 0 Å². The van der Waals surface area contributed by atoms with E-state index in [9.17, 15) is 8.42 Å². The first-order valence-corrected chi connectivity index (χ1v) is 11.6. The van der Waals surface area contributed by atoms with Gasteiger partial charge in [0.1, 0.15) is 23.8 Å². The Morgan fingerprint density at radius 2 is 1.90 bits per heavy atom. The van der Waals surface area contributed by atoms with Crippen molar-refractivity contribution in [2.45, 2.75) is 30.7 Å². The zero-order valence-electron chi connectivity index (χ0n) is 16.4. The molecule has 0 aliphatic carbocycles. The molecule has 1 N–H and O–H groups in total. The Morgan fingerprint density at radius 1 is 1.07 bits per heavy atom. The second kappa shape index (κ2) is 7.17. The van der Waals surface area contributed by atoms with Crippen molar-refractivity contribution in [1.29, 1.82) is 0 Å². The average Bonchev–Trinajstić information content (AvgIpc) is 3.34. The Kier molecular flexibility index (Phi) is 4.47. The standard InChI is InChI=1S/C21H20N6O2S/c1-30(28,29)16-8-9-18-17(12-16)21(23-13-22-18)24-15-6-4-14(5-7-15)11-20-26-25-19-3-2-10-27(19)20/h4-9,12-13H,2-3,10-11H2,1H3,(H,22,23,24). The van der Waals surface area contributed by atoms with E-state index in [1.165, 1.54) is 12.6 Å². The van der Waals surface area contributed by atoms with Crippen LogP contribution in [0.3, 0.4) is 0 Å².